The summed E-state index contributed by atoms with van der Waals surface area (Å²) in [5.74, 6) is 0.592. The van der Waals surface area contributed by atoms with E-state index < -0.39 is 30.2 Å². The van der Waals surface area contributed by atoms with E-state index in [1.54, 1.807) is 24.3 Å². The highest BCUT2D eigenvalue weighted by molar-refractivity contribution is 6.61. The summed E-state index contributed by atoms with van der Waals surface area (Å²) >= 11 is 0. The Bertz CT molecular complexity index is 785. The molecule has 0 unspecified atom stereocenters. The number of rotatable bonds is 3. The molecule has 3 rings (SSSR count). The Morgan fingerprint density at radius 1 is 1.04 bits per heavy atom. The zero-order valence-electron chi connectivity index (χ0n) is 15.2. The van der Waals surface area contributed by atoms with Crippen molar-refractivity contribution < 1.29 is 27.2 Å². The Balaban J connectivity index is 2.08. The molecular weight excluding hydrogens is 348 g/mol. The predicted molar refractivity (Wildman–Crippen MR) is 90.8 cm³/mol. The zero-order chi connectivity index (χ0) is 19.3. The Morgan fingerprint density at radius 3 is 2.04 bits per heavy atom. The van der Waals surface area contributed by atoms with Crippen LogP contribution >= 0.6 is 0 Å². The van der Waals surface area contributed by atoms with Crippen LogP contribution in [0, 0.1) is 0 Å². The van der Waals surface area contributed by atoms with Gasteiger partial charge in [0.2, 0.25) is 0 Å². The highest BCUT2D eigenvalue weighted by atomic mass is 19.4. The molecule has 0 N–H and O–H groups in total. The van der Waals surface area contributed by atoms with Crippen molar-refractivity contribution in [2.75, 3.05) is 7.11 Å². The van der Waals surface area contributed by atoms with Crippen LogP contribution in [0.25, 0.3) is 5.69 Å². The maximum absolute atomic E-state index is 13.2. The molecular formula is C17H20BF3N2O3. The first kappa shape index (κ1) is 18.8. The molecule has 2 aromatic rings. The summed E-state index contributed by atoms with van der Waals surface area (Å²) < 4.78 is 57.8. The number of halogens is 3. The summed E-state index contributed by atoms with van der Waals surface area (Å²) in [6.45, 7) is 7.36. The SMILES string of the molecule is COc1ccc(-n2nc(C(F)(F)F)cc2B2OC(C)(C)C(C)(C)O2)cc1. The molecule has 2 heterocycles. The summed E-state index contributed by atoms with van der Waals surface area (Å²) in [5.41, 5.74) is -1.72. The van der Waals surface area contributed by atoms with Crippen molar-refractivity contribution in [1.29, 1.82) is 0 Å². The van der Waals surface area contributed by atoms with Gasteiger partial charge in [-0.2, -0.15) is 18.3 Å². The van der Waals surface area contributed by atoms with Gasteiger partial charge in [-0.05, 0) is 58.0 Å². The zero-order valence-corrected chi connectivity index (χ0v) is 15.2. The van der Waals surface area contributed by atoms with Crippen molar-refractivity contribution in [2.45, 2.75) is 45.1 Å². The van der Waals surface area contributed by atoms with E-state index in [9.17, 15) is 13.2 Å². The smallest absolute Gasteiger partial charge is 0.497 e. The Labute approximate surface area is 150 Å². The molecule has 0 spiro atoms. The highest BCUT2D eigenvalue weighted by Crippen LogP contribution is 2.37. The molecule has 1 aromatic heterocycles. The van der Waals surface area contributed by atoms with Crippen molar-refractivity contribution in [3.05, 3.63) is 36.0 Å². The molecule has 9 heteroatoms. The lowest BCUT2D eigenvalue weighted by atomic mass is 9.84. The summed E-state index contributed by atoms with van der Waals surface area (Å²) in [4.78, 5) is 0. The van der Waals surface area contributed by atoms with Crippen LogP contribution in [0.5, 0.6) is 5.75 Å². The number of aromatic nitrogens is 2. The molecule has 0 saturated carbocycles. The first-order valence-corrected chi connectivity index (χ1v) is 8.12. The minimum absolute atomic E-state index is 0.182. The lowest BCUT2D eigenvalue weighted by molar-refractivity contribution is -0.141. The molecule has 0 amide bonds. The molecule has 26 heavy (non-hydrogen) atoms. The normalized spacial score (nSPS) is 19.0. The Hall–Kier alpha value is -2.00. The highest BCUT2D eigenvalue weighted by Gasteiger charge is 2.53. The minimum atomic E-state index is -4.57. The van der Waals surface area contributed by atoms with Gasteiger partial charge in [0.05, 0.1) is 29.6 Å². The van der Waals surface area contributed by atoms with Gasteiger partial charge in [0, 0.05) is 0 Å². The summed E-state index contributed by atoms with van der Waals surface area (Å²) in [5, 5.41) is 3.74. The standard InChI is InChI=1S/C17H20BF3N2O3/c1-15(2)16(3,4)26-18(25-15)14-10-13(17(19,20)21)22-23(14)11-6-8-12(24-5)9-7-11/h6-10H,1-5H3. The number of alkyl halides is 3. The van der Waals surface area contributed by atoms with Gasteiger partial charge < -0.3 is 14.0 Å². The minimum Gasteiger partial charge on any atom is -0.497 e. The molecule has 1 saturated heterocycles. The molecule has 1 aromatic carbocycles. The van der Waals surface area contributed by atoms with Crippen molar-refractivity contribution >= 4 is 12.7 Å². The van der Waals surface area contributed by atoms with E-state index in [4.69, 9.17) is 14.0 Å². The number of nitrogens with zero attached hydrogens (tertiary/aromatic N) is 2. The molecule has 5 nitrogen and oxygen atoms in total. The maximum atomic E-state index is 13.2. The van der Waals surface area contributed by atoms with E-state index in [1.165, 1.54) is 11.8 Å². The molecule has 140 valence electrons. The van der Waals surface area contributed by atoms with Crippen LogP contribution in [0.4, 0.5) is 13.2 Å². The third-order valence-corrected chi connectivity index (χ3v) is 4.84. The third-order valence-electron chi connectivity index (χ3n) is 4.84. The lowest BCUT2D eigenvalue weighted by Crippen LogP contribution is -2.41. The van der Waals surface area contributed by atoms with Gasteiger partial charge in [0.25, 0.3) is 0 Å². The van der Waals surface area contributed by atoms with Crippen LogP contribution in [0.2, 0.25) is 0 Å². The van der Waals surface area contributed by atoms with Gasteiger partial charge in [0.15, 0.2) is 5.69 Å². The monoisotopic (exact) mass is 368 g/mol. The second-order valence-electron chi connectivity index (χ2n) is 7.15. The summed E-state index contributed by atoms with van der Waals surface area (Å²) in [6, 6.07) is 7.52. The fourth-order valence-electron chi connectivity index (χ4n) is 2.60. The van der Waals surface area contributed by atoms with E-state index in [0.29, 0.717) is 11.4 Å². The second-order valence-corrected chi connectivity index (χ2v) is 7.15. The number of methoxy groups -OCH3 is 1. The molecule has 0 aliphatic carbocycles. The summed E-state index contributed by atoms with van der Waals surface area (Å²) in [6.07, 6.45) is -4.57. The number of hydrogen-bond acceptors (Lipinski definition) is 4. The summed E-state index contributed by atoms with van der Waals surface area (Å²) in [7, 11) is 0.547. The van der Waals surface area contributed by atoms with Crippen LogP contribution in [-0.2, 0) is 15.5 Å². The lowest BCUT2D eigenvalue weighted by Gasteiger charge is -2.32. The number of hydrogen-bond donors (Lipinski definition) is 0. The van der Waals surface area contributed by atoms with Crippen LogP contribution < -0.4 is 10.3 Å². The topological polar surface area (TPSA) is 45.5 Å². The van der Waals surface area contributed by atoms with Gasteiger partial charge in [-0.15, -0.1) is 0 Å². The van der Waals surface area contributed by atoms with Crippen molar-refractivity contribution in [3.63, 3.8) is 0 Å². The number of ether oxygens (including phenoxy) is 1. The van der Waals surface area contributed by atoms with E-state index in [2.05, 4.69) is 5.10 Å². The Morgan fingerprint density at radius 2 is 1.58 bits per heavy atom. The van der Waals surface area contributed by atoms with E-state index in [0.717, 1.165) is 6.07 Å². The number of benzene rings is 1. The molecule has 0 bridgehead atoms. The quantitative estimate of drug-likeness (QED) is 0.781. The molecule has 0 atom stereocenters. The van der Waals surface area contributed by atoms with Crippen molar-refractivity contribution in [2.24, 2.45) is 0 Å². The molecule has 1 aliphatic rings. The van der Waals surface area contributed by atoms with Gasteiger partial charge in [-0.1, -0.05) is 0 Å². The van der Waals surface area contributed by atoms with Crippen LogP contribution in [-0.4, -0.2) is 35.2 Å². The molecule has 0 radical (unpaired) electrons. The average molecular weight is 368 g/mol. The van der Waals surface area contributed by atoms with E-state index in [1.807, 2.05) is 27.7 Å². The second kappa shape index (κ2) is 6.02. The van der Waals surface area contributed by atoms with Gasteiger partial charge in [-0.3, -0.25) is 0 Å². The average Bonchev–Trinajstić information content (AvgIpc) is 3.07. The Kier molecular flexibility index (Phi) is 4.35. The molecule has 1 fully saturated rings. The fourth-order valence-corrected chi connectivity index (χ4v) is 2.60. The van der Waals surface area contributed by atoms with E-state index >= 15 is 0 Å². The van der Waals surface area contributed by atoms with Gasteiger partial charge >= 0.3 is 13.3 Å². The van der Waals surface area contributed by atoms with Gasteiger partial charge in [-0.25, -0.2) is 4.68 Å². The molecule has 1 aliphatic heterocycles. The third kappa shape index (κ3) is 3.21. The maximum Gasteiger partial charge on any atom is 0.514 e. The van der Waals surface area contributed by atoms with Gasteiger partial charge in [0.1, 0.15) is 5.75 Å². The fraction of sp³-hybridized carbons (Fsp3) is 0.471. The van der Waals surface area contributed by atoms with Crippen molar-refractivity contribution in [3.8, 4) is 11.4 Å². The van der Waals surface area contributed by atoms with Crippen LogP contribution in [0.3, 0.4) is 0 Å². The largest absolute Gasteiger partial charge is 0.514 e. The first-order valence-electron chi connectivity index (χ1n) is 8.12. The predicted octanol–water partition coefficient (Wildman–Crippen LogP) is 3.20. The van der Waals surface area contributed by atoms with E-state index in [-0.39, 0.29) is 5.59 Å². The van der Waals surface area contributed by atoms with Crippen LogP contribution in [0.1, 0.15) is 33.4 Å². The first-order chi connectivity index (χ1) is 11.9. The van der Waals surface area contributed by atoms with Crippen molar-refractivity contribution in [1.82, 2.24) is 9.78 Å². The van der Waals surface area contributed by atoms with Crippen LogP contribution in [0.15, 0.2) is 30.3 Å².